The van der Waals surface area contributed by atoms with Crippen LogP contribution in [0.2, 0.25) is 0 Å². The Bertz CT molecular complexity index is 834. The van der Waals surface area contributed by atoms with E-state index in [4.69, 9.17) is 0 Å². The van der Waals surface area contributed by atoms with Crippen LogP contribution in [0.15, 0.2) is 30.3 Å². The first kappa shape index (κ1) is 16.1. The lowest BCUT2D eigenvalue weighted by Crippen LogP contribution is -2.51. The minimum absolute atomic E-state index is 0.00222. The molecule has 2 saturated heterocycles. The van der Waals surface area contributed by atoms with E-state index in [9.17, 15) is 14.4 Å². The highest BCUT2D eigenvalue weighted by Gasteiger charge is 2.62. The Morgan fingerprint density at radius 1 is 1.08 bits per heavy atom. The number of carbonyl (C=O) groups excluding carboxylic acids is 3. The maximum atomic E-state index is 13.3. The van der Waals surface area contributed by atoms with E-state index in [1.54, 1.807) is 0 Å². The molecule has 2 amide bonds. The molecule has 3 aliphatic heterocycles. The first-order valence-electron chi connectivity index (χ1n) is 8.67. The van der Waals surface area contributed by atoms with Crippen molar-refractivity contribution in [1.29, 1.82) is 0 Å². The molecule has 5 nitrogen and oxygen atoms in total. The Morgan fingerprint density at radius 2 is 1.72 bits per heavy atom. The number of benzene rings is 1. The van der Waals surface area contributed by atoms with Crippen molar-refractivity contribution < 1.29 is 14.4 Å². The molecule has 25 heavy (non-hydrogen) atoms. The molecule has 0 aromatic heterocycles. The average Bonchev–Trinajstić information content (AvgIpc) is 3.02. The second kappa shape index (κ2) is 5.04. The van der Waals surface area contributed by atoms with E-state index < -0.39 is 23.3 Å². The number of Topliss-reactive ketones (excluding diaryl/α,β-unsaturated/α-hetero) is 1. The highest BCUT2D eigenvalue weighted by atomic mass is 16.2. The van der Waals surface area contributed by atoms with E-state index in [0.29, 0.717) is 0 Å². The van der Waals surface area contributed by atoms with Gasteiger partial charge in [0.25, 0.3) is 0 Å². The van der Waals surface area contributed by atoms with Gasteiger partial charge in [0.05, 0.1) is 17.9 Å². The fourth-order valence-corrected chi connectivity index (χ4v) is 4.46. The van der Waals surface area contributed by atoms with Gasteiger partial charge in [0.15, 0.2) is 5.78 Å². The predicted octanol–water partition coefficient (Wildman–Crippen LogP) is 2.16. The predicted molar refractivity (Wildman–Crippen MR) is 94.7 cm³/mol. The van der Waals surface area contributed by atoms with Gasteiger partial charge in [-0.25, -0.2) is 0 Å². The first-order chi connectivity index (χ1) is 11.7. The summed E-state index contributed by atoms with van der Waals surface area (Å²) in [6.07, 6.45) is 2.04. The Morgan fingerprint density at radius 3 is 2.40 bits per heavy atom. The lowest BCUT2D eigenvalue weighted by Gasteiger charge is -2.39. The Kier molecular flexibility index (Phi) is 3.24. The minimum atomic E-state index is -0.626. The van der Waals surface area contributed by atoms with Crippen molar-refractivity contribution in [3.63, 3.8) is 0 Å². The van der Waals surface area contributed by atoms with Crippen molar-refractivity contribution in [2.45, 2.75) is 39.8 Å². The number of rotatable bonds is 1. The van der Waals surface area contributed by atoms with Crippen LogP contribution in [0.3, 0.4) is 0 Å². The third-order valence-electron chi connectivity index (χ3n) is 5.60. The number of allylic oxidation sites excluding steroid dienone is 1. The number of carbonyl (C=O) groups is 3. The van der Waals surface area contributed by atoms with Gasteiger partial charge in [-0.05, 0) is 18.6 Å². The standard InChI is InChI=1S/C20H22N2O3/c1-10-9-13-14-15(19(25)21-18(14)24)16(17(23)20(2,3)4)22(13)12-8-6-5-7-11(10)12/h5-9,13-16H,1-4H3,(H,21,24,25)/t13-,14-,15+,16-/m1/s1. The zero-order valence-electron chi connectivity index (χ0n) is 14.9. The third kappa shape index (κ3) is 2.11. The van der Waals surface area contributed by atoms with Gasteiger partial charge in [0.2, 0.25) is 11.8 Å². The van der Waals surface area contributed by atoms with Crippen LogP contribution in [-0.4, -0.2) is 29.7 Å². The summed E-state index contributed by atoms with van der Waals surface area (Å²) in [4.78, 5) is 40.2. The number of fused-ring (bicyclic) bond motifs is 5. The molecule has 5 heteroatoms. The summed E-state index contributed by atoms with van der Waals surface area (Å²) in [5, 5.41) is 2.44. The zero-order valence-corrected chi connectivity index (χ0v) is 14.9. The second-order valence-electron chi connectivity index (χ2n) is 8.23. The smallest absolute Gasteiger partial charge is 0.233 e. The molecule has 0 bridgehead atoms. The van der Waals surface area contributed by atoms with E-state index >= 15 is 0 Å². The first-order valence-corrected chi connectivity index (χ1v) is 8.67. The molecule has 4 atom stereocenters. The molecule has 0 unspecified atom stereocenters. The van der Waals surface area contributed by atoms with Crippen LogP contribution in [-0.2, 0) is 14.4 Å². The molecule has 0 spiro atoms. The number of nitrogens with one attached hydrogen (secondary N) is 1. The fourth-order valence-electron chi connectivity index (χ4n) is 4.46. The molecule has 1 aromatic carbocycles. The summed E-state index contributed by atoms with van der Waals surface area (Å²) in [5.41, 5.74) is 2.47. The summed E-state index contributed by atoms with van der Waals surface area (Å²) in [7, 11) is 0. The molecule has 0 saturated carbocycles. The lowest BCUT2D eigenvalue weighted by molar-refractivity contribution is -0.132. The summed E-state index contributed by atoms with van der Waals surface area (Å²) >= 11 is 0. The van der Waals surface area contributed by atoms with E-state index in [1.165, 1.54) is 0 Å². The largest absolute Gasteiger partial charge is 0.353 e. The Balaban J connectivity index is 1.93. The van der Waals surface area contributed by atoms with Crippen LogP contribution in [0.5, 0.6) is 0 Å². The maximum absolute atomic E-state index is 13.3. The molecular formula is C20H22N2O3. The monoisotopic (exact) mass is 338 g/mol. The van der Waals surface area contributed by atoms with E-state index in [0.717, 1.165) is 16.8 Å². The number of ketones is 1. The topological polar surface area (TPSA) is 66.5 Å². The molecule has 3 heterocycles. The van der Waals surface area contributed by atoms with E-state index in [1.807, 2.05) is 62.9 Å². The average molecular weight is 338 g/mol. The van der Waals surface area contributed by atoms with Crippen LogP contribution in [0.1, 0.15) is 33.3 Å². The van der Waals surface area contributed by atoms with Gasteiger partial charge in [-0.2, -0.15) is 0 Å². The van der Waals surface area contributed by atoms with Crippen LogP contribution < -0.4 is 10.2 Å². The van der Waals surface area contributed by atoms with E-state index in [-0.39, 0.29) is 23.6 Å². The normalized spacial score (nSPS) is 30.4. The summed E-state index contributed by atoms with van der Waals surface area (Å²) in [6.45, 7) is 7.61. The number of nitrogens with zero attached hydrogens (tertiary/aromatic N) is 1. The minimum Gasteiger partial charge on any atom is -0.353 e. The van der Waals surface area contributed by atoms with Crippen molar-refractivity contribution in [1.82, 2.24) is 5.32 Å². The molecular weight excluding hydrogens is 316 g/mol. The molecule has 130 valence electrons. The molecule has 0 radical (unpaired) electrons. The number of anilines is 1. The van der Waals surface area contributed by atoms with Crippen LogP contribution in [0, 0.1) is 17.3 Å². The number of hydrogen-bond acceptors (Lipinski definition) is 4. The van der Waals surface area contributed by atoms with Gasteiger partial charge in [0.1, 0.15) is 6.04 Å². The quantitative estimate of drug-likeness (QED) is 0.797. The molecule has 3 aliphatic rings. The number of amides is 2. The molecule has 4 rings (SSSR count). The van der Waals surface area contributed by atoms with Gasteiger partial charge in [-0.1, -0.05) is 45.0 Å². The fraction of sp³-hybridized carbons (Fsp3) is 0.450. The van der Waals surface area contributed by atoms with Crippen LogP contribution in [0.4, 0.5) is 5.69 Å². The van der Waals surface area contributed by atoms with Crippen LogP contribution in [0.25, 0.3) is 5.57 Å². The highest BCUT2D eigenvalue weighted by Crippen LogP contribution is 2.49. The van der Waals surface area contributed by atoms with Crippen molar-refractivity contribution in [3.8, 4) is 0 Å². The molecule has 0 aliphatic carbocycles. The van der Waals surface area contributed by atoms with Gasteiger partial charge in [-0.3, -0.25) is 19.7 Å². The lowest BCUT2D eigenvalue weighted by atomic mass is 9.79. The summed E-state index contributed by atoms with van der Waals surface area (Å²) in [6, 6.07) is 7.02. The Labute approximate surface area is 147 Å². The number of hydrogen-bond donors (Lipinski definition) is 1. The second-order valence-corrected chi connectivity index (χ2v) is 8.23. The molecule has 2 fully saturated rings. The van der Waals surface area contributed by atoms with Gasteiger partial charge in [-0.15, -0.1) is 0 Å². The maximum Gasteiger partial charge on any atom is 0.233 e. The SMILES string of the molecule is CC1=C[C@@H]2[C@H]3C(=O)NC(=O)[C@@H]3[C@H](C(=O)C(C)(C)C)N2c2ccccc21. The van der Waals surface area contributed by atoms with E-state index in [2.05, 4.69) is 5.32 Å². The molecule has 1 N–H and O–H groups in total. The van der Waals surface area contributed by atoms with Crippen molar-refractivity contribution in [2.24, 2.45) is 17.3 Å². The van der Waals surface area contributed by atoms with Gasteiger partial charge < -0.3 is 4.90 Å². The summed E-state index contributed by atoms with van der Waals surface area (Å²) in [5.74, 6) is -1.72. The van der Waals surface area contributed by atoms with Crippen molar-refractivity contribution in [3.05, 3.63) is 35.9 Å². The highest BCUT2D eigenvalue weighted by molar-refractivity contribution is 6.12. The summed E-state index contributed by atoms with van der Waals surface area (Å²) < 4.78 is 0. The van der Waals surface area contributed by atoms with Gasteiger partial charge in [0, 0.05) is 16.7 Å². The van der Waals surface area contributed by atoms with Crippen molar-refractivity contribution >= 4 is 28.9 Å². The van der Waals surface area contributed by atoms with Crippen LogP contribution >= 0.6 is 0 Å². The zero-order chi connectivity index (χ0) is 18.1. The molecule has 1 aromatic rings. The Hall–Kier alpha value is -2.43. The number of imide groups is 1. The van der Waals surface area contributed by atoms with Gasteiger partial charge >= 0.3 is 0 Å². The number of para-hydroxylation sites is 1. The third-order valence-corrected chi connectivity index (χ3v) is 5.60. The van der Waals surface area contributed by atoms with Crippen molar-refractivity contribution in [2.75, 3.05) is 4.90 Å².